The highest BCUT2D eigenvalue weighted by Crippen LogP contribution is 2.31. The van der Waals surface area contributed by atoms with Crippen molar-refractivity contribution in [3.8, 4) is 118 Å². The van der Waals surface area contributed by atoms with Gasteiger partial charge in [-0.05, 0) is 103 Å². The van der Waals surface area contributed by atoms with E-state index in [1.807, 2.05) is 0 Å². The lowest BCUT2D eigenvalue weighted by Crippen LogP contribution is -2.26. The molecule has 0 aliphatic carbocycles. The van der Waals surface area contributed by atoms with Gasteiger partial charge in [0, 0.05) is 25.7 Å². The Balaban J connectivity index is 6.75. The van der Waals surface area contributed by atoms with Crippen molar-refractivity contribution >= 4 is 0 Å². The van der Waals surface area contributed by atoms with E-state index in [0.717, 1.165) is 70.6 Å². The molecule has 0 spiro atoms. The van der Waals surface area contributed by atoms with Gasteiger partial charge in [0.15, 0.2) is 5.41 Å². The first-order valence-corrected chi connectivity index (χ1v) is 32.2. The fourth-order valence-corrected chi connectivity index (χ4v) is 9.22. The van der Waals surface area contributed by atoms with Crippen LogP contribution in [0.2, 0.25) is 0 Å². The molecule has 0 heteroatoms. The van der Waals surface area contributed by atoms with Crippen molar-refractivity contribution < 1.29 is 0 Å². The van der Waals surface area contributed by atoms with Crippen LogP contribution < -0.4 is 0 Å². The molecule has 0 N–H and O–H groups in total. The second-order valence-electron chi connectivity index (χ2n) is 21.3. The van der Waals surface area contributed by atoms with Crippen LogP contribution >= 0.6 is 0 Å². The summed E-state index contributed by atoms with van der Waals surface area (Å²) in [6.07, 6.45) is 59.7. The second-order valence-corrected chi connectivity index (χ2v) is 21.3. The molecule has 0 rings (SSSR count). The van der Waals surface area contributed by atoms with E-state index in [4.69, 9.17) is 0 Å². The maximum atomic E-state index is 3.59. The molecule has 0 bridgehead atoms. The van der Waals surface area contributed by atoms with E-state index in [2.05, 4.69) is 153 Å². The summed E-state index contributed by atoms with van der Waals surface area (Å²) in [4.78, 5) is 0. The normalized spacial score (nSPS) is 10.9. The minimum atomic E-state index is -1.09. The molecular formula is C75H112. The van der Waals surface area contributed by atoms with Crippen LogP contribution in [0.25, 0.3) is 0 Å². The molecule has 2 unspecified atom stereocenters. The van der Waals surface area contributed by atoms with E-state index >= 15 is 0 Å². The Morgan fingerprint density at radius 2 is 0.427 bits per heavy atom. The van der Waals surface area contributed by atoms with Crippen molar-refractivity contribution in [3.63, 3.8) is 0 Å². The third-order valence-electron chi connectivity index (χ3n) is 14.1. The summed E-state index contributed by atoms with van der Waals surface area (Å²) in [5, 5.41) is 0. The summed E-state index contributed by atoms with van der Waals surface area (Å²) < 4.78 is 0. The number of unbranched alkanes of at least 4 members (excludes halogenated alkanes) is 42. The van der Waals surface area contributed by atoms with E-state index in [-0.39, 0.29) is 5.92 Å². The third-order valence-corrected chi connectivity index (χ3v) is 14.1. The summed E-state index contributed by atoms with van der Waals surface area (Å²) in [7, 11) is 0. The van der Waals surface area contributed by atoms with Crippen LogP contribution in [0.4, 0.5) is 0 Å². The molecule has 0 amide bonds. The molecule has 0 fully saturated rings. The summed E-state index contributed by atoms with van der Waals surface area (Å²) in [5.41, 5.74) is -1.09. The van der Waals surface area contributed by atoms with Crippen molar-refractivity contribution in [1.29, 1.82) is 0 Å². The van der Waals surface area contributed by atoms with Crippen molar-refractivity contribution in [2.75, 3.05) is 0 Å². The lowest BCUT2D eigenvalue weighted by molar-refractivity contribution is 0.442. The zero-order valence-corrected chi connectivity index (χ0v) is 50.0. The maximum Gasteiger partial charge on any atom is 0.168 e. The summed E-state index contributed by atoms with van der Waals surface area (Å²) in [6, 6.07) is 0. The standard InChI is InChI=1S/C75H112/c1-6-11-16-21-26-31-35-38-39-40-41-42-44-48-53-58-63-68-73-75(71-66-61-56-51-46-37-33-28-23-18-13-8-3,72-67-62-57-52-47-43-36-32-27-22-17-12-7-2)74(69-64-59-54-49-30-25-20-15-10-5)70-65-60-55-50-45-34-29-24-19-14-9-4/h74H,6-41,43,45-47,49-52,54,59,64,69H2,1-5H3. The monoisotopic (exact) mass is 1010 g/mol. The molecule has 0 saturated heterocycles. The zero-order valence-electron chi connectivity index (χ0n) is 50.0. The molecule has 75 heavy (non-hydrogen) atoms. The quantitative estimate of drug-likeness (QED) is 0.0421. The summed E-state index contributed by atoms with van der Waals surface area (Å²) >= 11 is 0. The Hall–Kier alpha value is -4.40. The van der Waals surface area contributed by atoms with Gasteiger partial charge in [0.05, 0.1) is 5.92 Å². The van der Waals surface area contributed by atoms with Gasteiger partial charge in [-0.25, -0.2) is 0 Å². The highest BCUT2D eigenvalue weighted by molar-refractivity contribution is 5.51. The molecule has 2 atom stereocenters. The number of hydrogen-bond acceptors (Lipinski definition) is 0. The van der Waals surface area contributed by atoms with Gasteiger partial charge < -0.3 is 0 Å². The molecule has 0 radical (unpaired) electrons. The molecule has 0 aromatic rings. The van der Waals surface area contributed by atoms with Crippen LogP contribution in [-0.2, 0) is 0 Å². The van der Waals surface area contributed by atoms with Gasteiger partial charge >= 0.3 is 0 Å². The first-order chi connectivity index (χ1) is 37.2. The minimum Gasteiger partial charge on any atom is -0.0891 e. The van der Waals surface area contributed by atoms with Crippen LogP contribution in [0.1, 0.15) is 343 Å². The van der Waals surface area contributed by atoms with Gasteiger partial charge in [-0.2, -0.15) is 0 Å². The zero-order chi connectivity index (χ0) is 54.2. The van der Waals surface area contributed by atoms with Crippen molar-refractivity contribution in [2.45, 2.75) is 343 Å². The Bertz CT molecular complexity index is 1970. The molecular weight excluding hydrogens is 901 g/mol. The Morgan fingerprint density at radius 3 is 0.733 bits per heavy atom. The summed E-state index contributed by atoms with van der Waals surface area (Å²) in [6.45, 7) is 11.4. The molecule has 0 heterocycles. The lowest BCUT2D eigenvalue weighted by Gasteiger charge is -2.23. The van der Waals surface area contributed by atoms with Crippen LogP contribution in [0.5, 0.6) is 0 Å². The van der Waals surface area contributed by atoms with E-state index < -0.39 is 5.41 Å². The first-order valence-electron chi connectivity index (χ1n) is 32.2. The molecule has 412 valence electrons. The van der Waals surface area contributed by atoms with Gasteiger partial charge in [-0.15, -0.1) is 0 Å². The maximum absolute atomic E-state index is 3.59. The largest absolute Gasteiger partial charge is 0.168 e. The smallest absolute Gasteiger partial charge is 0.0891 e. The molecule has 0 aliphatic rings. The third kappa shape index (κ3) is 52.8. The number of hydrogen-bond donors (Lipinski definition) is 0. The second kappa shape index (κ2) is 62.1. The average molecular weight is 1010 g/mol. The van der Waals surface area contributed by atoms with Crippen LogP contribution in [0, 0.1) is 130 Å². The molecule has 0 saturated carbocycles. The van der Waals surface area contributed by atoms with E-state index in [1.165, 1.54) is 238 Å². The van der Waals surface area contributed by atoms with Gasteiger partial charge in [0.25, 0.3) is 0 Å². The predicted octanol–water partition coefficient (Wildman–Crippen LogP) is 21.4. The van der Waals surface area contributed by atoms with E-state index in [9.17, 15) is 0 Å². The molecule has 0 aromatic carbocycles. The van der Waals surface area contributed by atoms with Gasteiger partial charge in [0.2, 0.25) is 0 Å². The number of rotatable bonds is 45. The Kier molecular flexibility index (Phi) is 58.5. The molecule has 0 aliphatic heterocycles. The fourth-order valence-electron chi connectivity index (χ4n) is 9.22. The Morgan fingerprint density at radius 1 is 0.213 bits per heavy atom. The van der Waals surface area contributed by atoms with Crippen LogP contribution in [0.3, 0.4) is 0 Å². The topological polar surface area (TPSA) is 0 Å². The first kappa shape index (κ1) is 70.6. The van der Waals surface area contributed by atoms with Crippen molar-refractivity contribution in [1.82, 2.24) is 0 Å². The van der Waals surface area contributed by atoms with Crippen LogP contribution in [0.15, 0.2) is 0 Å². The lowest BCUT2D eigenvalue weighted by atomic mass is 9.74. The average Bonchev–Trinajstić information content (AvgIpc) is 3.42. The van der Waals surface area contributed by atoms with Crippen molar-refractivity contribution in [2.24, 2.45) is 11.3 Å². The van der Waals surface area contributed by atoms with Crippen LogP contribution in [-0.4, -0.2) is 0 Å². The molecule has 0 aromatic heterocycles. The fraction of sp³-hybridized carbons (Fsp3) is 0.733. The predicted molar refractivity (Wildman–Crippen MR) is 334 cm³/mol. The van der Waals surface area contributed by atoms with Crippen molar-refractivity contribution in [3.05, 3.63) is 0 Å². The van der Waals surface area contributed by atoms with E-state index in [0.29, 0.717) is 0 Å². The van der Waals surface area contributed by atoms with E-state index in [1.54, 1.807) is 0 Å². The highest BCUT2D eigenvalue weighted by atomic mass is 14.3. The van der Waals surface area contributed by atoms with Gasteiger partial charge in [0.1, 0.15) is 0 Å². The Labute approximate surface area is 470 Å². The van der Waals surface area contributed by atoms with Gasteiger partial charge in [-0.1, -0.05) is 332 Å². The van der Waals surface area contributed by atoms with Gasteiger partial charge in [-0.3, -0.25) is 0 Å². The molecule has 0 nitrogen and oxygen atoms in total. The SMILES string of the molecule is CCCCCCCCCC#CC#CC(CCCCCCCCCCC)C(C#CC#CC#CC#CCCCCCCCCCCCC)(C#CC#CCCCCCCCCCC)C#CC#CCCCCCCCCCCC. The minimum absolute atomic E-state index is 0.263. The highest BCUT2D eigenvalue weighted by Gasteiger charge is 2.33. The summed E-state index contributed by atoms with van der Waals surface area (Å²) in [5.74, 6) is 64.6.